The molecule has 0 atom stereocenters. The van der Waals surface area contributed by atoms with Crippen molar-refractivity contribution in [3.8, 4) is 0 Å². The summed E-state index contributed by atoms with van der Waals surface area (Å²) in [5.74, 6) is 0.455. The van der Waals surface area contributed by atoms with Gasteiger partial charge in [0.15, 0.2) is 0 Å². The first-order valence-electron chi connectivity index (χ1n) is 5.67. The summed E-state index contributed by atoms with van der Waals surface area (Å²) in [7, 11) is 0. The molecule has 2 aromatic rings. The van der Waals surface area contributed by atoms with E-state index in [-0.39, 0.29) is 5.91 Å². The minimum atomic E-state index is -0.133. The van der Waals surface area contributed by atoms with E-state index in [0.717, 1.165) is 19.2 Å². The number of benzene rings is 1. The van der Waals surface area contributed by atoms with Crippen molar-refractivity contribution in [1.82, 2.24) is 4.98 Å². The number of aromatic nitrogens is 1. The lowest BCUT2D eigenvalue weighted by Crippen LogP contribution is -2.15. The molecule has 0 saturated carbocycles. The van der Waals surface area contributed by atoms with Crippen LogP contribution in [0.4, 0.5) is 5.82 Å². The van der Waals surface area contributed by atoms with Crippen LogP contribution in [0.3, 0.4) is 0 Å². The molecule has 0 unspecified atom stereocenters. The minimum Gasteiger partial charge on any atom is -0.306 e. The molecule has 1 aromatic carbocycles. The van der Waals surface area contributed by atoms with Gasteiger partial charge in [0.25, 0.3) is 5.91 Å². The van der Waals surface area contributed by atoms with Gasteiger partial charge in [-0.05, 0) is 75.6 Å². The Morgan fingerprint density at radius 3 is 2.74 bits per heavy atom. The standard InChI is InChI=1S/C14H12BrIN2O/c1-8-4-3-5-11(12(8)16)14(19)18-13-9(2)6-10(15)7-17-13/h3-7H,1-2H3,(H,17,18,19). The van der Waals surface area contributed by atoms with Crippen molar-refractivity contribution in [2.45, 2.75) is 13.8 Å². The molecule has 0 aliphatic carbocycles. The van der Waals surface area contributed by atoms with Crippen LogP contribution in [0.1, 0.15) is 21.5 Å². The zero-order valence-corrected chi connectivity index (χ0v) is 14.2. The second kappa shape index (κ2) is 6.00. The lowest BCUT2D eigenvalue weighted by molar-refractivity contribution is 0.102. The van der Waals surface area contributed by atoms with Gasteiger partial charge in [0.1, 0.15) is 5.82 Å². The number of pyridine rings is 1. The van der Waals surface area contributed by atoms with E-state index in [2.05, 4.69) is 48.8 Å². The summed E-state index contributed by atoms with van der Waals surface area (Å²) in [6.07, 6.45) is 1.67. The van der Waals surface area contributed by atoms with Gasteiger partial charge in [-0.15, -0.1) is 0 Å². The van der Waals surface area contributed by atoms with Gasteiger partial charge < -0.3 is 5.32 Å². The van der Waals surface area contributed by atoms with Crippen molar-refractivity contribution in [2.75, 3.05) is 5.32 Å². The Bertz CT molecular complexity index is 643. The molecule has 1 aromatic heterocycles. The number of hydrogen-bond donors (Lipinski definition) is 1. The molecule has 2 rings (SSSR count). The van der Waals surface area contributed by atoms with Crippen molar-refractivity contribution in [1.29, 1.82) is 0 Å². The average molecular weight is 431 g/mol. The number of amides is 1. The van der Waals surface area contributed by atoms with Crippen molar-refractivity contribution < 1.29 is 4.79 Å². The number of nitrogens with zero attached hydrogens (tertiary/aromatic N) is 1. The highest BCUT2D eigenvalue weighted by atomic mass is 127. The molecule has 0 aliphatic heterocycles. The molecular weight excluding hydrogens is 419 g/mol. The van der Waals surface area contributed by atoms with E-state index in [1.54, 1.807) is 6.20 Å². The maximum atomic E-state index is 12.3. The van der Waals surface area contributed by atoms with E-state index in [4.69, 9.17) is 0 Å². The molecule has 5 heteroatoms. The van der Waals surface area contributed by atoms with Crippen molar-refractivity contribution in [3.63, 3.8) is 0 Å². The topological polar surface area (TPSA) is 42.0 Å². The van der Waals surface area contributed by atoms with E-state index in [9.17, 15) is 4.79 Å². The molecule has 1 N–H and O–H groups in total. The highest BCUT2D eigenvalue weighted by molar-refractivity contribution is 14.1. The van der Waals surface area contributed by atoms with Gasteiger partial charge in [0.05, 0.1) is 5.56 Å². The Morgan fingerprint density at radius 2 is 2.05 bits per heavy atom. The maximum Gasteiger partial charge on any atom is 0.257 e. The second-order valence-corrected chi connectivity index (χ2v) is 6.20. The van der Waals surface area contributed by atoms with E-state index in [1.807, 2.05) is 38.1 Å². The van der Waals surface area contributed by atoms with Crippen LogP contribution in [-0.4, -0.2) is 10.9 Å². The smallest absolute Gasteiger partial charge is 0.257 e. The normalized spacial score (nSPS) is 10.3. The van der Waals surface area contributed by atoms with Crippen LogP contribution >= 0.6 is 38.5 Å². The number of aryl methyl sites for hydroxylation is 2. The van der Waals surface area contributed by atoms with Crippen molar-refractivity contribution >= 4 is 50.2 Å². The highest BCUT2D eigenvalue weighted by Gasteiger charge is 2.13. The highest BCUT2D eigenvalue weighted by Crippen LogP contribution is 2.20. The third-order valence-corrected chi connectivity index (χ3v) is 4.58. The summed E-state index contributed by atoms with van der Waals surface area (Å²) in [5, 5.41) is 2.85. The molecule has 1 amide bonds. The first-order chi connectivity index (χ1) is 8.99. The van der Waals surface area contributed by atoms with Gasteiger partial charge in [-0.25, -0.2) is 4.98 Å². The zero-order chi connectivity index (χ0) is 14.0. The van der Waals surface area contributed by atoms with Gasteiger partial charge in [-0.1, -0.05) is 12.1 Å². The van der Waals surface area contributed by atoms with E-state index < -0.39 is 0 Å². The predicted octanol–water partition coefficient (Wildman–Crippen LogP) is 4.32. The number of anilines is 1. The lowest BCUT2D eigenvalue weighted by atomic mass is 10.1. The minimum absolute atomic E-state index is 0.133. The fraction of sp³-hybridized carbons (Fsp3) is 0.143. The Morgan fingerprint density at radius 1 is 1.32 bits per heavy atom. The van der Waals surface area contributed by atoms with Crippen LogP contribution in [0.5, 0.6) is 0 Å². The predicted molar refractivity (Wildman–Crippen MR) is 88.5 cm³/mol. The molecule has 0 aliphatic rings. The van der Waals surface area contributed by atoms with Gasteiger partial charge in [-0.3, -0.25) is 4.79 Å². The molecule has 0 bridgehead atoms. The van der Waals surface area contributed by atoms with E-state index >= 15 is 0 Å². The van der Waals surface area contributed by atoms with Crippen LogP contribution in [-0.2, 0) is 0 Å². The summed E-state index contributed by atoms with van der Waals surface area (Å²) in [4.78, 5) is 16.5. The molecule has 0 spiro atoms. The van der Waals surface area contributed by atoms with E-state index in [1.165, 1.54) is 0 Å². The number of halogens is 2. The number of nitrogens with one attached hydrogen (secondary N) is 1. The fourth-order valence-electron chi connectivity index (χ4n) is 1.67. The lowest BCUT2D eigenvalue weighted by Gasteiger charge is -2.10. The Labute approximate surface area is 134 Å². The summed E-state index contributed by atoms with van der Waals surface area (Å²) >= 11 is 5.54. The van der Waals surface area contributed by atoms with Gasteiger partial charge in [-0.2, -0.15) is 0 Å². The van der Waals surface area contributed by atoms with Gasteiger partial charge in [0, 0.05) is 14.2 Å². The third-order valence-electron chi connectivity index (χ3n) is 2.71. The summed E-state index contributed by atoms with van der Waals surface area (Å²) < 4.78 is 1.86. The first kappa shape index (κ1) is 14.5. The van der Waals surface area contributed by atoms with Crippen LogP contribution in [0.25, 0.3) is 0 Å². The molecule has 0 saturated heterocycles. The van der Waals surface area contributed by atoms with Crippen LogP contribution in [0.15, 0.2) is 34.9 Å². The fourth-order valence-corrected chi connectivity index (χ4v) is 2.72. The van der Waals surface area contributed by atoms with Crippen molar-refractivity contribution in [2.24, 2.45) is 0 Å². The maximum absolute atomic E-state index is 12.3. The third kappa shape index (κ3) is 3.33. The molecule has 19 heavy (non-hydrogen) atoms. The van der Waals surface area contributed by atoms with Gasteiger partial charge in [0.2, 0.25) is 0 Å². The summed E-state index contributed by atoms with van der Waals surface area (Å²) in [6, 6.07) is 7.61. The molecule has 0 fully saturated rings. The van der Waals surface area contributed by atoms with Crippen LogP contribution in [0, 0.1) is 17.4 Å². The number of hydrogen-bond acceptors (Lipinski definition) is 2. The average Bonchev–Trinajstić information content (AvgIpc) is 2.36. The Balaban J connectivity index is 2.28. The molecule has 98 valence electrons. The van der Waals surface area contributed by atoms with Crippen LogP contribution < -0.4 is 5.32 Å². The van der Waals surface area contributed by atoms with E-state index in [0.29, 0.717) is 11.4 Å². The van der Waals surface area contributed by atoms with Gasteiger partial charge >= 0.3 is 0 Å². The summed E-state index contributed by atoms with van der Waals surface area (Å²) in [6.45, 7) is 3.90. The Kier molecular flexibility index (Phi) is 4.57. The first-order valence-corrected chi connectivity index (χ1v) is 7.55. The van der Waals surface area contributed by atoms with Crippen molar-refractivity contribution in [3.05, 3.63) is 55.2 Å². The number of carbonyl (C=O) groups is 1. The van der Waals surface area contributed by atoms with Crippen LogP contribution in [0.2, 0.25) is 0 Å². The molecule has 3 nitrogen and oxygen atoms in total. The Hall–Kier alpha value is -0.950. The number of carbonyl (C=O) groups excluding carboxylic acids is 1. The molecular formula is C14H12BrIN2O. The number of rotatable bonds is 2. The summed E-state index contributed by atoms with van der Waals surface area (Å²) in [5.41, 5.74) is 2.68. The zero-order valence-electron chi connectivity index (χ0n) is 10.5. The monoisotopic (exact) mass is 430 g/mol. The molecule has 0 radical (unpaired) electrons. The quantitative estimate of drug-likeness (QED) is 0.721. The molecule has 1 heterocycles. The largest absolute Gasteiger partial charge is 0.306 e. The SMILES string of the molecule is Cc1cc(Br)cnc1NC(=O)c1cccc(C)c1I. The second-order valence-electron chi connectivity index (χ2n) is 4.21.